The lowest BCUT2D eigenvalue weighted by Crippen LogP contribution is -2.46. The summed E-state index contributed by atoms with van der Waals surface area (Å²) in [6, 6.07) is 0. The highest BCUT2D eigenvalue weighted by Crippen LogP contribution is 2.37. The molecule has 0 saturated carbocycles. The molecule has 0 N–H and O–H groups in total. The lowest BCUT2D eigenvalue weighted by Gasteiger charge is -2.39. The molecule has 3 heterocycles. The molecular formula is C16H23N3O2S. The highest BCUT2D eigenvalue weighted by molar-refractivity contribution is 7.11. The van der Waals surface area contributed by atoms with Crippen molar-refractivity contribution in [2.45, 2.75) is 38.5 Å². The maximum Gasteiger partial charge on any atom is 0.227 e. The van der Waals surface area contributed by atoms with Crippen LogP contribution in [0, 0.1) is 12.8 Å². The van der Waals surface area contributed by atoms with Crippen LogP contribution in [0.1, 0.15) is 36.1 Å². The van der Waals surface area contributed by atoms with E-state index in [1.165, 1.54) is 9.88 Å². The average molecular weight is 321 g/mol. The summed E-state index contributed by atoms with van der Waals surface area (Å²) in [5, 5.41) is 1.19. The molecule has 0 bridgehead atoms. The number of hydrogen-bond donors (Lipinski definition) is 0. The molecule has 120 valence electrons. The van der Waals surface area contributed by atoms with Crippen LogP contribution >= 0.6 is 11.3 Å². The predicted molar refractivity (Wildman–Crippen MR) is 85.8 cm³/mol. The van der Waals surface area contributed by atoms with Gasteiger partial charge in [0.05, 0.1) is 10.9 Å². The van der Waals surface area contributed by atoms with Crippen molar-refractivity contribution >= 4 is 23.2 Å². The Kier molecular flexibility index (Phi) is 3.97. The van der Waals surface area contributed by atoms with Crippen molar-refractivity contribution in [3.05, 3.63) is 16.1 Å². The van der Waals surface area contributed by atoms with E-state index in [0.29, 0.717) is 13.0 Å². The summed E-state index contributed by atoms with van der Waals surface area (Å²) in [5.41, 5.74) is 0.0813. The van der Waals surface area contributed by atoms with Gasteiger partial charge in [0.25, 0.3) is 0 Å². The zero-order valence-corrected chi connectivity index (χ0v) is 14.3. The highest BCUT2D eigenvalue weighted by atomic mass is 32.1. The van der Waals surface area contributed by atoms with Gasteiger partial charge in [-0.1, -0.05) is 6.92 Å². The Labute approximate surface area is 135 Å². The van der Waals surface area contributed by atoms with Gasteiger partial charge in [0.15, 0.2) is 0 Å². The van der Waals surface area contributed by atoms with Crippen LogP contribution < -0.4 is 0 Å². The molecule has 0 aliphatic carbocycles. The Bertz CT molecular complexity index is 590. The van der Waals surface area contributed by atoms with Gasteiger partial charge in [-0.3, -0.25) is 9.59 Å². The summed E-state index contributed by atoms with van der Waals surface area (Å²) in [6.45, 7) is 6.43. The molecule has 0 spiro atoms. The minimum Gasteiger partial charge on any atom is -0.345 e. The standard InChI is InChI=1S/C16H23N3O2S/c1-11-9-17-15(22-11)16(2)4-6-19(7-5-16)14(21)12-8-13(20)18(3)10-12/h9,12H,4-8,10H2,1-3H3/t12-/m1/s1. The van der Waals surface area contributed by atoms with Crippen LogP contribution in [-0.2, 0) is 15.0 Å². The van der Waals surface area contributed by atoms with Gasteiger partial charge in [0, 0.05) is 49.6 Å². The van der Waals surface area contributed by atoms with E-state index in [1.807, 2.05) is 11.1 Å². The van der Waals surface area contributed by atoms with Gasteiger partial charge >= 0.3 is 0 Å². The first kappa shape index (κ1) is 15.5. The number of hydrogen-bond acceptors (Lipinski definition) is 4. The quantitative estimate of drug-likeness (QED) is 0.835. The molecule has 2 fully saturated rings. The minimum absolute atomic E-state index is 0.0813. The van der Waals surface area contributed by atoms with Crippen molar-refractivity contribution in [3.8, 4) is 0 Å². The Morgan fingerprint density at radius 2 is 2.09 bits per heavy atom. The molecule has 5 nitrogen and oxygen atoms in total. The van der Waals surface area contributed by atoms with Gasteiger partial charge in [-0.15, -0.1) is 11.3 Å². The summed E-state index contributed by atoms with van der Waals surface area (Å²) in [4.78, 5) is 33.6. The predicted octanol–water partition coefficient (Wildman–Crippen LogP) is 1.81. The summed E-state index contributed by atoms with van der Waals surface area (Å²) in [7, 11) is 1.77. The van der Waals surface area contributed by atoms with Crippen LogP contribution in [0.15, 0.2) is 6.20 Å². The molecule has 2 aliphatic heterocycles. The monoisotopic (exact) mass is 321 g/mol. The Morgan fingerprint density at radius 3 is 2.59 bits per heavy atom. The van der Waals surface area contributed by atoms with Crippen LogP contribution in [0.4, 0.5) is 0 Å². The first-order valence-electron chi connectivity index (χ1n) is 7.85. The second-order valence-electron chi connectivity index (χ2n) is 6.84. The van der Waals surface area contributed by atoms with E-state index in [1.54, 1.807) is 23.3 Å². The van der Waals surface area contributed by atoms with Gasteiger partial charge in [-0.25, -0.2) is 4.98 Å². The molecular weight excluding hydrogens is 298 g/mol. The summed E-state index contributed by atoms with van der Waals surface area (Å²) in [5.74, 6) is 0.0810. The zero-order valence-electron chi connectivity index (χ0n) is 13.5. The third kappa shape index (κ3) is 2.76. The molecule has 1 aromatic rings. The molecule has 2 amide bonds. The SMILES string of the molecule is Cc1cnc(C2(C)CCN(C(=O)[C@@H]3CC(=O)N(C)C3)CC2)s1. The maximum atomic E-state index is 12.6. The largest absolute Gasteiger partial charge is 0.345 e. The molecule has 0 unspecified atom stereocenters. The van der Waals surface area contributed by atoms with Gasteiger partial charge in [-0.2, -0.15) is 0 Å². The molecule has 0 radical (unpaired) electrons. The number of carbonyl (C=O) groups excluding carboxylic acids is 2. The number of nitrogens with zero attached hydrogens (tertiary/aromatic N) is 3. The number of aromatic nitrogens is 1. The molecule has 1 aromatic heterocycles. The first-order chi connectivity index (χ1) is 10.4. The lowest BCUT2D eigenvalue weighted by molar-refractivity contribution is -0.137. The van der Waals surface area contributed by atoms with Crippen LogP contribution in [0.2, 0.25) is 0 Å². The Hall–Kier alpha value is -1.43. The van der Waals surface area contributed by atoms with Gasteiger partial charge in [0.2, 0.25) is 11.8 Å². The van der Waals surface area contributed by atoms with Crippen molar-refractivity contribution in [1.29, 1.82) is 0 Å². The van der Waals surface area contributed by atoms with E-state index >= 15 is 0 Å². The third-order valence-corrected chi connectivity index (χ3v) is 6.23. The number of thiazole rings is 1. The fourth-order valence-electron chi connectivity index (χ4n) is 3.36. The van der Waals surface area contributed by atoms with Crippen molar-refractivity contribution in [1.82, 2.24) is 14.8 Å². The van der Waals surface area contributed by atoms with Crippen LogP contribution in [0.5, 0.6) is 0 Å². The number of piperidine rings is 1. The van der Waals surface area contributed by atoms with E-state index in [2.05, 4.69) is 18.8 Å². The lowest BCUT2D eigenvalue weighted by atomic mass is 9.80. The molecule has 6 heteroatoms. The smallest absolute Gasteiger partial charge is 0.227 e. The van der Waals surface area contributed by atoms with Crippen LogP contribution in [0.25, 0.3) is 0 Å². The maximum absolute atomic E-state index is 12.6. The summed E-state index contributed by atoms with van der Waals surface area (Å²) >= 11 is 1.76. The minimum atomic E-state index is -0.149. The van der Waals surface area contributed by atoms with Crippen LogP contribution in [-0.4, -0.2) is 53.3 Å². The highest BCUT2D eigenvalue weighted by Gasteiger charge is 2.39. The van der Waals surface area contributed by atoms with Crippen LogP contribution in [0.3, 0.4) is 0 Å². The normalized spacial score (nSPS) is 24.9. The zero-order chi connectivity index (χ0) is 15.9. The van der Waals surface area contributed by atoms with Crippen molar-refractivity contribution in [3.63, 3.8) is 0 Å². The molecule has 0 aromatic carbocycles. The Morgan fingerprint density at radius 1 is 1.41 bits per heavy atom. The Balaban J connectivity index is 1.62. The van der Waals surface area contributed by atoms with E-state index in [9.17, 15) is 9.59 Å². The number of rotatable bonds is 2. The third-order valence-electron chi connectivity index (χ3n) is 5.01. The first-order valence-corrected chi connectivity index (χ1v) is 8.66. The van der Waals surface area contributed by atoms with Gasteiger partial charge < -0.3 is 9.80 Å². The molecule has 3 rings (SSSR count). The fraction of sp³-hybridized carbons (Fsp3) is 0.688. The van der Waals surface area contributed by atoms with E-state index in [0.717, 1.165) is 25.9 Å². The fourth-order valence-corrected chi connectivity index (χ4v) is 4.32. The summed E-state index contributed by atoms with van der Waals surface area (Å²) < 4.78 is 0. The molecule has 22 heavy (non-hydrogen) atoms. The van der Waals surface area contributed by atoms with Gasteiger partial charge in [0.1, 0.15) is 0 Å². The number of carbonyl (C=O) groups is 2. The number of aryl methyl sites for hydroxylation is 1. The van der Waals surface area contributed by atoms with Crippen molar-refractivity contribution < 1.29 is 9.59 Å². The number of amides is 2. The van der Waals surface area contributed by atoms with E-state index in [-0.39, 0.29) is 23.1 Å². The topological polar surface area (TPSA) is 53.5 Å². The summed E-state index contributed by atoms with van der Waals surface area (Å²) in [6.07, 6.45) is 4.20. The van der Waals surface area contributed by atoms with E-state index in [4.69, 9.17) is 0 Å². The average Bonchev–Trinajstić information content (AvgIpc) is 3.06. The van der Waals surface area contributed by atoms with Crippen molar-refractivity contribution in [2.75, 3.05) is 26.7 Å². The molecule has 2 saturated heterocycles. The second kappa shape index (κ2) is 5.65. The van der Waals surface area contributed by atoms with E-state index < -0.39 is 0 Å². The molecule has 2 aliphatic rings. The second-order valence-corrected chi connectivity index (χ2v) is 8.07. The van der Waals surface area contributed by atoms with Crippen molar-refractivity contribution in [2.24, 2.45) is 5.92 Å². The van der Waals surface area contributed by atoms with Gasteiger partial charge in [-0.05, 0) is 19.8 Å². The number of likely N-dealkylation sites (tertiary alicyclic amines) is 2. The molecule has 1 atom stereocenters.